The Hall–Kier alpha value is -3.22. The van der Waals surface area contributed by atoms with E-state index >= 15 is 0 Å². The first-order chi connectivity index (χ1) is 12.9. The van der Waals surface area contributed by atoms with Gasteiger partial charge in [0.1, 0.15) is 5.75 Å². The van der Waals surface area contributed by atoms with Crippen molar-refractivity contribution < 1.29 is 27.8 Å². The Labute approximate surface area is 155 Å². The average molecular weight is 375 g/mol. The van der Waals surface area contributed by atoms with Crippen molar-refractivity contribution in [1.29, 1.82) is 0 Å². The molecule has 0 spiro atoms. The maximum absolute atomic E-state index is 12.1. The second kappa shape index (κ2) is 10.1. The highest BCUT2D eigenvalue weighted by molar-refractivity contribution is 5.89. The number of esters is 1. The summed E-state index contributed by atoms with van der Waals surface area (Å²) < 4.78 is 33.2. The van der Waals surface area contributed by atoms with Gasteiger partial charge in [-0.25, -0.2) is 4.79 Å². The molecule has 0 aliphatic heterocycles. The van der Waals surface area contributed by atoms with Crippen LogP contribution in [-0.4, -0.2) is 25.1 Å². The summed E-state index contributed by atoms with van der Waals surface area (Å²) in [6.45, 7) is -1.46. The topological polar surface area (TPSA) is 64.6 Å². The molecular weight excluding hydrogens is 356 g/mol. The van der Waals surface area contributed by atoms with Crippen molar-refractivity contribution in [3.05, 3.63) is 71.8 Å². The number of benzene rings is 2. The van der Waals surface area contributed by atoms with Crippen LogP contribution in [0.4, 0.5) is 8.78 Å². The Morgan fingerprint density at radius 3 is 2.37 bits per heavy atom. The van der Waals surface area contributed by atoms with Crippen LogP contribution in [0, 0.1) is 0 Å². The molecule has 1 atom stereocenters. The monoisotopic (exact) mass is 375 g/mol. The molecule has 0 aliphatic rings. The lowest BCUT2D eigenvalue weighted by molar-refractivity contribution is -0.144. The normalized spacial score (nSPS) is 12.0. The number of carbonyl (C=O) groups is 2. The van der Waals surface area contributed by atoms with E-state index in [0.717, 1.165) is 11.6 Å². The summed E-state index contributed by atoms with van der Waals surface area (Å²) in [5.41, 5.74) is 1.53. The van der Waals surface area contributed by atoms with E-state index in [0.29, 0.717) is 5.56 Å². The van der Waals surface area contributed by atoms with Crippen LogP contribution in [-0.2, 0) is 14.3 Å². The maximum Gasteiger partial charge on any atom is 0.387 e. The number of halogens is 2. The van der Waals surface area contributed by atoms with E-state index in [-0.39, 0.29) is 11.8 Å². The molecule has 2 aromatic rings. The first kappa shape index (κ1) is 20.1. The molecule has 0 unspecified atom stereocenters. The number of alkyl halides is 2. The van der Waals surface area contributed by atoms with Crippen LogP contribution in [0.3, 0.4) is 0 Å². The Kier molecular flexibility index (Phi) is 7.49. The minimum absolute atomic E-state index is 0.0222. The van der Waals surface area contributed by atoms with Gasteiger partial charge in [-0.2, -0.15) is 8.78 Å². The largest absolute Gasteiger partial charge is 0.452 e. The zero-order valence-electron chi connectivity index (χ0n) is 14.6. The lowest BCUT2D eigenvalue weighted by Crippen LogP contribution is -2.30. The number of hydrogen-bond acceptors (Lipinski definition) is 4. The van der Waals surface area contributed by atoms with Crippen molar-refractivity contribution in [3.63, 3.8) is 0 Å². The van der Waals surface area contributed by atoms with Crippen molar-refractivity contribution in [1.82, 2.24) is 5.32 Å². The minimum Gasteiger partial charge on any atom is -0.452 e. The number of ether oxygens (including phenoxy) is 2. The van der Waals surface area contributed by atoms with E-state index in [9.17, 15) is 18.4 Å². The predicted molar refractivity (Wildman–Crippen MR) is 96.1 cm³/mol. The van der Waals surface area contributed by atoms with Crippen molar-refractivity contribution in [2.75, 3.05) is 6.61 Å². The molecule has 0 saturated heterocycles. The molecule has 0 aliphatic carbocycles. The standard InChI is InChI=1S/C20H19F2NO4/c1-14(16-5-3-2-4-6-16)23-18(24)13-26-19(25)12-9-15-7-10-17(11-8-15)27-20(21)22/h2-12,14,20H,13H2,1H3,(H,23,24)/b12-9+/t14-/m0/s1. The van der Waals surface area contributed by atoms with E-state index in [1.54, 1.807) is 0 Å². The van der Waals surface area contributed by atoms with Gasteiger partial charge in [0, 0.05) is 6.08 Å². The van der Waals surface area contributed by atoms with Crippen molar-refractivity contribution >= 4 is 18.0 Å². The molecule has 0 aromatic heterocycles. The molecule has 0 fully saturated rings. The predicted octanol–water partition coefficient (Wildman–Crippen LogP) is 3.72. The van der Waals surface area contributed by atoms with E-state index in [2.05, 4.69) is 10.1 Å². The third-order valence-electron chi connectivity index (χ3n) is 3.54. The third kappa shape index (κ3) is 7.27. The summed E-state index contributed by atoms with van der Waals surface area (Å²) in [5.74, 6) is -1.08. The number of nitrogens with one attached hydrogen (secondary N) is 1. The lowest BCUT2D eigenvalue weighted by Gasteiger charge is -2.13. The number of hydrogen-bond donors (Lipinski definition) is 1. The van der Waals surface area contributed by atoms with Gasteiger partial charge >= 0.3 is 12.6 Å². The molecule has 2 aromatic carbocycles. The molecule has 27 heavy (non-hydrogen) atoms. The lowest BCUT2D eigenvalue weighted by atomic mass is 10.1. The zero-order chi connectivity index (χ0) is 19.6. The summed E-state index contributed by atoms with van der Waals surface area (Å²) in [5, 5.41) is 2.73. The van der Waals surface area contributed by atoms with Gasteiger partial charge in [0.25, 0.3) is 5.91 Å². The van der Waals surface area contributed by atoms with Crippen molar-refractivity contribution in [2.45, 2.75) is 19.6 Å². The van der Waals surface area contributed by atoms with Gasteiger partial charge in [-0.1, -0.05) is 42.5 Å². The van der Waals surface area contributed by atoms with Gasteiger partial charge in [0.05, 0.1) is 6.04 Å². The molecular formula is C20H19F2NO4. The van der Waals surface area contributed by atoms with Crippen molar-refractivity contribution in [2.24, 2.45) is 0 Å². The Balaban J connectivity index is 1.76. The summed E-state index contributed by atoms with van der Waals surface area (Å²) in [6.07, 6.45) is 2.59. The zero-order valence-corrected chi connectivity index (χ0v) is 14.6. The highest BCUT2D eigenvalue weighted by atomic mass is 19.3. The van der Waals surface area contributed by atoms with E-state index in [4.69, 9.17) is 4.74 Å². The summed E-state index contributed by atoms with van der Waals surface area (Å²) >= 11 is 0. The SMILES string of the molecule is C[C@H](NC(=O)COC(=O)/C=C/c1ccc(OC(F)F)cc1)c1ccccc1. The molecule has 142 valence electrons. The van der Waals surface area contributed by atoms with Crippen LogP contribution in [0.5, 0.6) is 5.75 Å². The summed E-state index contributed by atoms with van der Waals surface area (Å²) in [7, 11) is 0. The highest BCUT2D eigenvalue weighted by Gasteiger charge is 2.10. The fourth-order valence-corrected chi connectivity index (χ4v) is 2.22. The minimum atomic E-state index is -2.89. The van der Waals surface area contributed by atoms with Gasteiger partial charge in [-0.15, -0.1) is 0 Å². The number of carbonyl (C=O) groups excluding carboxylic acids is 2. The third-order valence-corrected chi connectivity index (χ3v) is 3.54. The second-order valence-corrected chi connectivity index (χ2v) is 5.59. The average Bonchev–Trinajstić information content (AvgIpc) is 2.66. The van der Waals surface area contributed by atoms with E-state index in [1.807, 2.05) is 37.3 Å². The Morgan fingerprint density at radius 2 is 1.74 bits per heavy atom. The fraction of sp³-hybridized carbons (Fsp3) is 0.200. The second-order valence-electron chi connectivity index (χ2n) is 5.59. The smallest absolute Gasteiger partial charge is 0.387 e. The van der Waals surface area contributed by atoms with E-state index < -0.39 is 25.1 Å². The molecule has 0 heterocycles. The first-order valence-corrected chi connectivity index (χ1v) is 8.18. The Morgan fingerprint density at radius 1 is 1.07 bits per heavy atom. The molecule has 1 amide bonds. The Bertz CT molecular complexity index is 776. The summed E-state index contributed by atoms with van der Waals surface area (Å²) in [4.78, 5) is 23.5. The van der Waals surface area contributed by atoms with Gasteiger partial charge < -0.3 is 14.8 Å². The molecule has 0 saturated carbocycles. The first-order valence-electron chi connectivity index (χ1n) is 8.18. The molecule has 7 heteroatoms. The van der Waals surface area contributed by atoms with Gasteiger partial charge in [0.2, 0.25) is 0 Å². The molecule has 0 radical (unpaired) electrons. The number of amides is 1. The molecule has 1 N–H and O–H groups in total. The van der Waals surface area contributed by atoms with Gasteiger partial charge in [-0.05, 0) is 36.3 Å². The summed E-state index contributed by atoms with van der Waals surface area (Å²) in [6, 6.07) is 14.9. The van der Waals surface area contributed by atoms with Crippen LogP contribution in [0.2, 0.25) is 0 Å². The molecule has 0 bridgehead atoms. The maximum atomic E-state index is 12.1. The van der Waals surface area contributed by atoms with Crippen LogP contribution >= 0.6 is 0 Å². The number of rotatable bonds is 8. The van der Waals surface area contributed by atoms with Crippen LogP contribution < -0.4 is 10.1 Å². The molecule has 5 nitrogen and oxygen atoms in total. The van der Waals surface area contributed by atoms with Crippen LogP contribution in [0.15, 0.2) is 60.7 Å². The molecule has 2 rings (SSSR count). The highest BCUT2D eigenvalue weighted by Crippen LogP contribution is 2.15. The van der Waals surface area contributed by atoms with Gasteiger partial charge in [0.15, 0.2) is 6.61 Å². The van der Waals surface area contributed by atoms with Crippen LogP contribution in [0.25, 0.3) is 6.08 Å². The van der Waals surface area contributed by atoms with E-state index in [1.165, 1.54) is 30.3 Å². The van der Waals surface area contributed by atoms with Crippen molar-refractivity contribution in [3.8, 4) is 5.75 Å². The van der Waals surface area contributed by atoms with Crippen LogP contribution in [0.1, 0.15) is 24.1 Å². The quantitative estimate of drug-likeness (QED) is 0.564. The fourth-order valence-electron chi connectivity index (χ4n) is 2.22. The van der Waals surface area contributed by atoms with Gasteiger partial charge in [-0.3, -0.25) is 4.79 Å².